The van der Waals surface area contributed by atoms with Gasteiger partial charge in [-0.25, -0.2) is 0 Å². The molecule has 0 amide bonds. The van der Waals surface area contributed by atoms with Gasteiger partial charge in [0, 0.05) is 7.11 Å². The molecule has 1 N–H and O–H groups in total. The summed E-state index contributed by atoms with van der Waals surface area (Å²) in [6.07, 6.45) is -0.229. The second-order valence-electron chi connectivity index (χ2n) is 4.61. The smallest absolute Gasteiger partial charge is 0.163 e. The molecule has 2 aliphatic heterocycles. The molecule has 0 aromatic rings. The molecule has 94 valence electrons. The summed E-state index contributed by atoms with van der Waals surface area (Å²) in [5.74, 6) is -0.573. The lowest BCUT2D eigenvalue weighted by atomic mass is 10.1. The molecule has 0 bridgehead atoms. The van der Waals surface area contributed by atoms with Crippen LogP contribution in [-0.2, 0) is 18.9 Å². The van der Waals surface area contributed by atoms with Crippen LogP contribution in [-0.4, -0.2) is 61.4 Å². The van der Waals surface area contributed by atoms with E-state index in [1.54, 1.807) is 7.11 Å². The zero-order valence-corrected chi connectivity index (χ0v) is 9.88. The van der Waals surface area contributed by atoms with E-state index in [2.05, 4.69) is 0 Å². The first-order valence-corrected chi connectivity index (χ1v) is 5.41. The van der Waals surface area contributed by atoms with Gasteiger partial charge in [-0.05, 0) is 13.8 Å². The third kappa shape index (κ3) is 2.37. The molecule has 2 aliphatic rings. The summed E-state index contributed by atoms with van der Waals surface area (Å²) in [7, 11) is 1.56. The molecule has 2 rings (SSSR count). The Morgan fingerprint density at radius 1 is 1.44 bits per heavy atom. The summed E-state index contributed by atoms with van der Waals surface area (Å²) in [6.45, 7) is 4.78. The molecule has 6 heteroatoms. The number of ether oxygens (including phenoxy) is 4. The monoisotopic (exact) mass is 233 g/mol. The van der Waals surface area contributed by atoms with E-state index in [1.165, 1.54) is 5.06 Å². The number of hydrogen-bond acceptors (Lipinski definition) is 6. The maximum atomic E-state index is 9.72. The van der Waals surface area contributed by atoms with Gasteiger partial charge in [-0.3, -0.25) is 0 Å². The molecule has 0 unspecified atom stereocenters. The first kappa shape index (κ1) is 12.2. The first-order valence-electron chi connectivity index (χ1n) is 5.41. The van der Waals surface area contributed by atoms with Gasteiger partial charge in [0.2, 0.25) is 0 Å². The van der Waals surface area contributed by atoms with Gasteiger partial charge in [0.05, 0.1) is 19.2 Å². The molecule has 0 aromatic heterocycles. The van der Waals surface area contributed by atoms with E-state index >= 15 is 0 Å². The second kappa shape index (κ2) is 4.56. The van der Waals surface area contributed by atoms with Gasteiger partial charge in [0.1, 0.15) is 19.0 Å². The predicted octanol–water partition coefficient (Wildman–Crippen LogP) is 0.200. The number of nitrogens with zero attached hydrogens (tertiary/aromatic N) is 1. The van der Waals surface area contributed by atoms with E-state index < -0.39 is 5.79 Å². The fourth-order valence-electron chi connectivity index (χ4n) is 2.25. The summed E-state index contributed by atoms with van der Waals surface area (Å²) in [5, 5.41) is 10.9. The minimum absolute atomic E-state index is 0.0869. The van der Waals surface area contributed by atoms with Crippen molar-refractivity contribution in [2.45, 2.75) is 37.9 Å². The summed E-state index contributed by atoms with van der Waals surface area (Å²) in [4.78, 5) is 0. The van der Waals surface area contributed by atoms with Gasteiger partial charge in [-0.2, -0.15) is 5.06 Å². The van der Waals surface area contributed by atoms with Gasteiger partial charge < -0.3 is 24.2 Å². The number of rotatable bonds is 4. The third-order valence-electron chi connectivity index (χ3n) is 2.84. The van der Waals surface area contributed by atoms with E-state index in [4.69, 9.17) is 18.9 Å². The lowest BCUT2D eigenvalue weighted by Gasteiger charge is -2.25. The Morgan fingerprint density at radius 3 is 2.88 bits per heavy atom. The fraction of sp³-hybridized carbons (Fsp3) is 1.00. The van der Waals surface area contributed by atoms with Crippen molar-refractivity contribution in [1.82, 2.24) is 5.06 Å². The summed E-state index contributed by atoms with van der Waals surface area (Å²) >= 11 is 0. The van der Waals surface area contributed by atoms with Crippen LogP contribution in [0.15, 0.2) is 0 Å². The average molecular weight is 233 g/mol. The van der Waals surface area contributed by atoms with Gasteiger partial charge >= 0.3 is 0 Å². The Labute approximate surface area is 95.0 Å². The number of methoxy groups -OCH3 is 1. The topological polar surface area (TPSA) is 60.4 Å². The number of fused-ring (bicyclic) bond motifs is 1. The summed E-state index contributed by atoms with van der Waals surface area (Å²) < 4.78 is 21.5. The van der Waals surface area contributed by atoms with E-state index in [0.29, 0.717) is 13.2 Å². The van der Waals surface area contributed by atoms with E-state index in [-0.39, 0.29) is 25.0 Å². The second-order valence-corrected chi connectivity index (χ2v) is 4.61. The SMILES string of the molecule is COCOC[C@@H]1[C@@H]2OC(C)(C)O[C@@H]2CN1O. The molecule has 2 fully saturated rings. The number of hydrogen-bond donors (Lipinski definition) is 1. The molecule has 0 radical (unpaired) electrons. The van der Waals surface area contributed by atoms with Gasteiger partial charge in [0.15, 0.2) is 5.79 Å². The minimum atomic E-state index is -0.573. The molecule has 0 aromatic carbocycles. The molecular weight excluding hydrogens is 214 g/mol. The van der Waals surface area contributed by atoms with Crippen molar-refractivity contribution in [1.29, 1.82) is 0 Å². The molecule has 6 nitrogen and oxygen atoms in total. The van der Waals surface area contributed by atoms with Crippen LogP contribution in [0.4, 0.5) is 0 Å². The lowest BCUT2D eigenvalue weighted by Crippen LogP contribution is -2.40. The third-order valence-corrected chi connectivity index (χ3v) is 2.84. The minimum Gasteiger partial charge on any atom is -0.359 e. The quantitative estimate of drug-likeness (QED) is 0.553. The van der Waals surface area contributed by atoms with Crippen LogP contribution in [0.2, 0.25) is 0 Å². The molecule has 0 saturated carbocycles. The molecule has 2 saturated heterocycles. The molecule has 3 atom stereocenters. The van der Waals surface area contributed by atoms with Crippen molar-refractivity contribution >= 4 is 0 Å². The van der Waals surface area contributed by atoms with Crippen molar-refractivity contribution in [3.8, 4) is 0 Å². The molecule has 0 spiro atoms. The van der Waals surface area contributed by atoms with Gasteiger partial charge in [0.25, 0.3) is 0 Å². The number of hydroxylamine groups is 2. The maximum Gasteiger partial charge on any atom is 0.163 e. The van der Waals surface area contributed by atoms with Crippen molar-refractivity contribution < 1.29 is 24.2 Å². The van der Waals surface area contributed by atoms with Crippen LogP contribution >= 0.6 is 0 Å². The predicted molar refractivity (Wildman–Crippen MR) is 53.9 cm³/mol. The molecule has 0 aliphatic carbocycles. The first-order chi connectivity index (χ1) is 7.53. The van der Waals surface area contributed by atoms with Crippen molar-refractivity contribution in [3.05, 3.63) is 0 Å². The van der Waals surface area contributed by atoms with E-state index in [1.807, 2.05) is 13.8 Å². The Bertz CT molecular complexity index is 247. The largest absolute Gasteiger partial charge is 0.359 e. The van der Waals surface area contributed by atoms with Crippen LogP contribution in [0.5, 0.6) is 0 Å². The van der Waals surface area contributed by atoms with Crippen LogP contribution in [0, 0.1) is 0 Å². The van der Waals surface area contributed by atoms with Gasteiger partial charge in [-0.1, -0.05) is 0 Å². The molecular formula is C10H19NO5. The Kier molecular flexibility index (Phi) is 3.48. The van der Waals surface area contributed by atoms with Crippen LogP contribution < -0.4 is 0 Å². The Hall–Kier alpha value is -0.240. The summed E-state index contributed by atoms with van der Waals surface area (Å²) in [5.41, 5.74) is 0. The van der Waals surface area contributed by atoms with Gasteiger partial charge in [-0.15, -0.1) is 0 Å². The lowest BCUT2D eigenvalue weighted by molar-refractivity contribution is -0.207. The van der Waals surface area contributed by atoms with E-state index in [9.17, 15) is 5.21 Å². The highest BCUT2D eigenvalue weighted by Gasteiger charge is 2.52. The van der Waals surface area contributed by atoms with Crippen LogP contribution in [0.1, 0.15) is 13.8 Å². The standard InChI is InChI=1S/C10H19NO5/c1-10(2)15-8-4-11(12)7(9(8)16-10)5-14-6-13-3/h7-9,12H,4-6H2,1-3H3/t7-,8-,9+/m1/s1. The Morgan fingerprint density at radius 2 is 2.19 bits per heavy atom. The van der Waals surface area contributed by atoms with Crippen molar-refractivity contribution in [2.75, 3.05) is 27.1 Å². The highest BCUT2D eigenvalue weighted by Crippen LogP contribution is 2.35. The average Bonchev–Trinajstić information content (AvgIpc) is 2.60. The van der Waals surface area contributed by atoms with Crippen molar-refractivity contribution in [2.24, 2.45) is 0 Å². The zero-order valence-electron chi connectivity index (χ0n) is 9.88. The Balaban J connectivity index is 1.91. The highest BCUT2D eigenvalue weighted by molar-refractivity contribution is 4.96. The van der Waals surface area contributed by atoms with Crippen molar-refractivity contribution in [3.63, 3.8) is 0 Å². The highest BCUT2D eigenvalue weighted by atomic mass is 16.8. The zero-order chi connectivity index (χ0) is 11.8. The molecule has 16 heavy (non-hydrogen) atoms. The fourth-order valence-corrected chi connectivity index (χ4v) is 2.25. The van der Waals surface area contributed by atoms with Crippen LogP contribution in [0.25, 0.3) is 0 Å². The molecule has 2 heterocycles. The van der Waals surface area contributed by atoms with Crippen LogP contribution in [0.3, 0.4) is 0 Å². The maximum absolute atomic E-state index is 9.72. The summed E-state index contributed by atoms with van der Waals surface area (Å²) in [6, 6.07) is -0.193. The normalized spacial score (nSPS) is 37.9. The van der Waals surface area contributed by atoms with E-state index in [0.717, 1.165) is 0 Å².